The van der Waals surface area contributed by atoms with Gasteiger partial charge in [-0.25, -0.2) is 0 Å². The summed E-state index contributed by atoms with van der Waals surface area (Å²) in [5.74, 6) is 2.13. The summed E-state index contributed by atoms with van der Waals surface area (Å²) in [7, 11) is 0. The molecule has 192 valence electrons. The number of hydrogen-bond donors (Lipinski definition) is 1. The molecule has 0 aliphatic heterocycles. The van der Waals surface area contributed by atoms with E-state index in [0.29, 0.717) is 29.2 Å². The minimum Gasteiger partial charge on any atom is -0.473 e. The van der Waals surface area contributed by atoms with Crippen molar-refractivity contribution in [3.8, 4) is 11.5 Å². The summed E-state index contributed by atoms with van der Waals surface area (Å²) in [6, 6.07) is 13.6. The number of benzene rings is 2. The number of hydrogen-bond acceptors (Lipinski definition) is 13. The second-order valence-corrected chi connectivity index (χ2v) is 11.0. The van der Waals surface area contributed by atoms with Crippen LogP contribution in [0.4, 0.5) is 16.0 Å². The molecule has 2 aromatic heterocycles. The first kappa shape index (κ1) is 26.4. The van der Waals surface area contributed by atoms with Crippen LogP contribution >= 0.6 is 34.4 Å². The van der Waals surface area contributed by atoms with Crippen molar-refractivity contribution in [3.05, 3.63) is 74.2 Å². The summed E-state index contributed by atoms with van der Waals surface area (Å²) in [5, 5.41) is 33.8. The van der Waals surface area contributed by atoms with Gasteiger partial charge in [0.2, 0.25) is 10.3 Å². The lowest BCUT2D eigenvalue weighted by Gasteiger charge is -2.10. The predicted molar refractivity (Wildman–Crippen MR) is 147 cm³/mol. The molecule has 2 heterocycles. The van der Waals surface area contributed by atoms with E-state index in [1.165, 1.54) is 58.9 Å². The molecule has 14 heteroatoms. The number of aromatic nitrogens is 4. The Bertz CT molecular complexity index is 1330. The third-order valence-electron chi connectivity index (χ3n) is 4.78. The molecule has 0 fully saturated rings. The van der Waals surface area contributed by atoms with Gasteiger partial charge in [-0.1, -0.05) is 47.3 Å². The zero-order chi connectivity index (χ0) is 26.0. The van der Waals surface area contributed by atoms with Gasteiger partial charge in [0, 0.05) is 18.6 Å². The van der Waals surface area contributed by atoms with Crippen LogP contribution in [-0.2, 0) is 6.42 Å². The van der Waals surface area contributed by atoms with Crippen molar-refractivity contribution >= 4 is 56.8 Å². The average Bonchev–Trinajstić information content (AvgIpc) is 3.55. The van der Waals surface area contributed by atoms with Crippen LogP contribution in [0.25, 0.3) is 0 Å². The molecule has 1 N–H and O–H groups in total. The Kier molecular flexibility index (Phi) is 9.35. The highest BCUT2D eigenvalue weighted by atomic mass is 32.2. The summed E-state index contributed by atoms with van der Waals surface area (Å²) in [6.45, 7) is 4.42. The zero-order valence-corrected chi connectivity index (χ0v) is 22.4. The largest absolute Gasteiger partial charge is 0.473 e. The molecule has 1 atom stereocenters. The van der Waals surface area contributed by atoms with E-state index < -0.39 is 4.92 Å². The third-order valence-corrected chi connectivity index (χ3v) is 7.91. The first-order valence-corrected chi connectivity index (χ1v) is 13.8. The molecule has 0 aliphatic rings. The fourth-order valence-electron chi connectivity index (χ4n) is 2.99. The number of aryl methyl sites for hydroxylation is 1. The Hall–Kier alpha value is -3.62. The first-order chi connectivity index (χ1) is 18.0. The Labute approximate surface area is 225 Å². The highest BCUT2D eigenvalue weighted by Gasteiger charge is 2.20. The highest BCUT2D eigenvalue weighted by molar-refractivity contribution is 7.99. The van der Waals surface area contributed by atoms with Gasteiger partial charge in [0.05, 0.1) is 10.2 Å². The number of nitro benzene ring substituents is 1. The lowest BCUT2D eigenvalue weighted by molar-refractivity contribution is -0.384. The van der Waals surface area contributed by atoms with Crippen molar-refractivity contribution in [2.45, 2.75) is 25.5 Å². The van der Waals surface area contributed by atoms with Gasteiger partial charge in [-0.15, -0.1) is 20.4 Å². The van der Waals surface area contributed by atoms with E-state index in [0.717, 1.165) is 21.5 Å². The average molecular weight is 558 g/mol. The van der Waals surface area contributed by atoms with E-state index in [1.807, 2.05) is 31.2 Å². The summed E-state index contributed by atoms with van der Waals surface area (Å²) in [4.78, 5) is 14.4. The number of thioether (sulfide) groups is 1. The summed E-state index contributed by atoms with van der Waals surface area (Å²) in [5.41, 5.74) is 1.17. The van der Waals surface area contributed by atoms with Crippen LogP contribution in [0.15, 0.2) is 53.5 Å². The van der Waals surface area contributed by atoms with Gasteiger partial charge in [0.15, 0.2) is 13.1 Å². The molecule has 37 heavy (non-hydrogen) atoms. The van der Waals surface area contributed by atoms with Gasteiger partial charge in [-0.2, -0.15) is 16.8 Å². The number of nitro groups is 1. The molecule has 0 bridgehead atoms. The topological polar surface area (TPSA) is 138 Å². The summed E-state index contributed by atoms with van der Waals surface area (Å²) < 4.78 is 11.1. The van der Waals surface area contributed by atoms with Gasteiger partial charge in [0.25, 0.3) is 5.69 Å². The first-order valence-electron chi connectivity index (χ1n) is 11.1. The van der Waals surface area contributed by atoms with Crippen molar-refractivity contribution in [3.63, 3.8) is 0 Å². The quantitative estimate of drug-likeness (QED) is 0.0702. The number of non-ortho nitro benzene ring substituents is 1. The second-order valence-electron chi connectivity index (χ2n) is 7.45. The van der Waals surface area contributed by atoms with Crippen molar-refractivity contribution in [2.24, 2.45) is 4.99 Å². The van der Waals surface area contributed by atoms with Gasteiger partial charge < -0.3 is 14.8 Å². The van der Waals surface area contributed by atoms with E-state index in [1.54, 1.807) is 11.8 Å². The van der Waals surface area contributed by atoms with Gasteiger partial charge in [0.1, 0.15) is 21.5 Å². The molecule has 0 radical (unpaired) electrons. The van der Waals surface area contributed by atoms with E-state index in [4.69, 9.17) is 9.47 Å². The maximum absolute atomic E-state index is 10.7. The molecule has 0 spiro atoms. The maximum Gasteiger partial charge on any atom is 0.269 e. The lowest BCUT2D eigenvalue weighted by atomic mass is 10.2. The van der Waals surface area contributed by atoms with Crippen LogP contribution in [0, 0.1) is 17.0 Å². The Morgan fingerprint density at radius 1 is 1.08 bits per heavy atom. The Balaban J connectivity index is 1.30. The van der Waals surface area contributed by atoms with E-state index in [-0.39, 0.29) is 10.9 Å². The summed E-state index contributed by atoms with van der Waals surface area (Å²) >= 11 is 4.61. The van der Waals surface area contributed by atoms with Gasteiger partial charge in [-0.05, 0) is 36.9 Å². The molecule has 11 nitrogen and oxygen atoms in total. The fraction of sp³-hybridized carbons (Fsp3) is 0.261. The van der Waals surface area contributed by atoms with Crippen LogP contribution in [0.3, 0.4) is 0 Å². The number of nitrogens with zero attached hydrogens (tertiary/aromatic N) is 6. The van der Waals surface area contributed by atoms with Gasteiger partial charge >= 0.3 is 0 Å². The predicted octanol–water partition coefficient (Wildman–Crippen LogP) is 5.83. The normalized spacial score (nSPS) is 11.9. The highest BCUT2D eigenvalue weighted by Crippen LogP contribution is 2.36. The van der Waals surface area contributed by atoms with Crippen molar-refractivity contribution in [1.82, 2.24) is 20.4 Å². The van der Waals surface area contributed by atoms with E-state index >= 15 is 0 Å². The summed E-state index contributed by atoms with van der Waals surface area (Å²) in [6.07, 6.45) is 1.88. The number of ether oxygens (including phenoxy) is 2. The standard InChI is InChI=1S/C23H23N7O4S3/c1-3-35-19(21-27-29-23(37-21)25-14-33-17-8-4-15(2)5-9-17)12-20-26-28-22(36-20)24-13-34-18-10-6-16(7-11-18)30(31)32/h4-11,13,19H,3,12,14H2,1-2H3,(H,25,29). The minimum absolute atomic E-state index is 0.00790. The second kappa shape index (κ2) is 13.1. The molecule has 4 aromatic rings. The molecule has 0 saturated carbocycles. The number of nitrogens with one attached hydrogen (secondary N) is 1. The monoisotopic (exact) mass is 557 g/mol. The number of aliphatic imine (C=N–C) groups is 1. The number of rotatable bonds is 13. The third kappa shape index (κ3) is 7.93. The van der Waals surface area contributed by atoms with Crippen LogP contribution < -0.4 is 14.8 Å². The minimum atomic E-state index is -0.467. The van der Waals surface area contributed by atoms with Gasteiger partial charge in [-0.3, -0.25) is 10.1 Å². The molecule has 0 aliphatic carbocycles. The number of anilines is 1. The van der Waals surface area contributed by atoms with Crippen molar-refractivity contribution in [2.75, 3.05) is 17.8 Å². The maximum atomic E-state index is 10.7. The fourth-order valence-corrected chi connectivity index (χ4v) is 5.74. The van der Waals surface area contributed by atoms with Crippen LogP contribution in [0.2, 0.25) is 0 Å². The molecule has 4 rings (SSSR count). The van der Waals surface area contributed by atoms with E-state index in [2.05, 4.69) is 37.6 Å². The van der Waals surface area contributed by atoms with E-state index in [9.17, 15) is 10.1 Å². The van der Waals surface area contributed by atoms with Crippen molar-refractivity contribution < 1.29 is 14.4 Å². The molecule has 0 amide bonds. The lowest BCUT2D eigenvalue weighted by Crippen LogP contribution is -2.08. The smallest absolute Gasteiger partial charge is 0.269 e. The molecule has 2 aromatic carbocycles. The molecular formula is C23H23N7O4S3. The molecule has 1 unspecified atom stereocenters. The van der Waals surface area contributed by atoms with Crippen LogP contribution in [0.1, 0.15) is 27.8 Å². The zero-order valence-electron chi connectivity index (χ0n) is 19.9. The molecule has 0 saturated heterocycles. The Morgan fingerprint density at radius 3 is 2.57 bits per heavy atom. The molecular weight excluding hydrogens is 534 g/mol. The van der Waals surface area contributed by atoms with Crippen LogP contribution in [0.5, 0.6) is 11.5 Å². The van der Waals surface area contributed by atoms with Crippen LogP contribution in [-0.4, -0.2) is 44.2 Å². The SMILES string of the molecule is CCSC(Cc1nnc(N=COc2ccc([N+](=O)[O-])cc2)s1)c1nnc(NCOc2ccc(C)cc2)s1. The Morgan fingerprint density at radius 2 is 1.84 bits per heavy atom. The van der Waals surface area contributed by atoms with Crippen molar-refractivity contribution in [1.29, 1.82) is 0 Å².